The maximum absolute atomic E-state index is 12.2. The molecule has 5 nitrogen and oxygen atoms in total. The number of carbonyl (C=O) groups is 1. The fourth-order valence-corrected chi connectivity index (χ4v) is 1.81. The minimum Gasteiger partial charge on any atom is -0.444 e. The molecule has 1 heterocycles. The third-order valence-electron chi connectivity index (χ3n) is 2.82. The molecule has 21 heavy (non-hydrogen) atoms. The van der Waals surface area contributed by atoms with Gasteiger partial charge in [0.2, 0.25) is 5.89 Å². The van der Waals surface area contributed by atoms with Gasteiger partial charge in [0.1, 0.15) is 11.8 Å². The number of amides is 1. The highest BCUT2D eigenvalue weighted by Gasteiger charge is 2.15. The average molecular weight is 283 g/mol. The van der Waals surface area contributed by atoms with Crippen molar-refractivity contribution in [2.45, 2.75) is 19.9 Å². The molecule has 1 atom stereocenters. The fraction of sp³-hybridized carbons (Fsp3) is 0.250. The van der Waals surface area contributed by atoms with E-state index in [0.717, 1.165) is 5.56 Å². The van der Waals surface area contributed by atoms with E-state index in [4.69, 9.17) is 10.2 Å². The quantitative estimate of drug-likeness (QED) is 0.841. The molecule has 0 radical (unpaired) electrons. The van der Waals surface area contributed by atoms with E-state index in [2.05, 4.69) is 22.1 Å². The predicted octanol–water partition coefficient (Wildman–Crippen LogP) is 1.78. The first-order chi connectivity index (χ1) is 10.1. The van der Waals surface area contributed by atoms with Gasteiger partial charge in [0.05, 0.1) is 12.7 Å². The number of nitrogens with two attached hydrogens (primary N) is 1. The molecule has 1 aromatic heterocycles. The Morgan fingerprint density at radius 2 is 2.33 bits per heavy atom. The topological polar surface area (TPSA) is 81.2 Å². The van der Waals surface area contributed by atoms with Crippen LogP contribution in [0, 0.1) is 18.8 Å². The highest BCUT2D eigenvalue weighted by atomic mass is 16.4. The standard InChI is InChI=1S/C16H17N3O2/c1-11-10-18-16(21-11)12(2)19-15(20)14-7-3-5-13(9-14)6-4-8-17/h3,5,7,9-10,12H,8,17H2,1-2H3,(H,19,20). The molecule has 0 spiro atoms. The fourth-order valence-electron chi connectivity index (χ4n) is 1.81. The molecule has 0 aliphatic heterocycles. The van der Waals surface area contributed by atoms with Crippen molar-refractivity contribution in [3.8, 4) is 11.8 Å². The van der Waals surface area contributed by atoms with E-state index in [1.165, 1.54) is 0 Å². The molecule has 0 bridgehead atoms. The van der Waals surface area contributed by atoms with Crippen molar-refractivity contribution in [3.05, 3.63) is 53.2 Å². The summed E-state index contributed by atoms with van der Waals surface area (Å²) in [5.41, 5.74) is 6.63. The lowest BCUT2D eigenvalue weighted by Gasteiger charge is -2.10. The van der Waals surface area contributed by atoms with Gasteiger partial charge in [-0.15, -0.1) is 0 Å². The van der Waals surface area contributed by atoms with Crippen LogP contribution >= 0.6 is 0 Å². The SMILES string of the molecule is Cc1cnc(C(C)NC(=O)c2cccc(C#CCN)c2)o1. The van der Waals surface area contributed by atoms with Crippen LogP contribution in [0.1, 0.15) is 40.5 Å². The molecule has 1 amide bonds. The third-order valence-corrected chi connectivity index (χ3v) is 2.82. The third kappa shape index (κ3) is 3.94. The van der Waals surface area contributed by atoms with Crippen molar-refractivity contribution in [2.75, 3.05) is 6.54 Å². The van der Waals surface area contributed by atoms with Gasteiger partial charge in [-0.25, -0.2) is 4.98 Å². The second-order valence-electron chi connectivity index (χ2n) is 4.59. The van der Waals surface area contributed by atoms with Gasteiger partial charge >= 0.3 is 0 Å². The molecule has 5 heteroatoms. The minimum atomic E-state index is -0.301. The molecule has 3 N–H and O–H groups in total. The Morgan fingerprint density at radius 3 is 3.00 bits per heavy atom. The first-order valence-corrected chi connectivity index (χ1v) is 6.62. The number of aryl methyl sites for hydroxylation is 1. The van der Waals surface area contributed by atoms with Crippen LogP contribution in [0.3, 0.4) is 0 Å². The minimum absolute atomic E-state index is 0.199. The number of oxazole rings is 1. The van der Waals surface area contributed by atoms with Crippen molar-refractivity contribution in [3.63, 3.8) is 0 Å². The van der Waals surface area contributed by atoms with Crippen LogP contribution in [0.2, 0.25) is 0 Å². The summed E-state index contributed by atoms with van der Waals surface area (Å²) in [5, 5.41) is 2.84. The lowest BCUT2D eigenvalue weighted by atomic mass is 10.1. The van der Waals surface area contributed by atoms with Gasteiger partial charge < -0.3 is 15.5 Å². The molecule has 0 saturated carbocycles. The molecular weight excluding hydrogens is 266 g/mol. The average Bonchev–Trinajstić information content (AvgIpc) is 2.92. The Hall–Kier alpha value is -2.58. The Bertz CT molecular complexity index is 695. The van der Waals surface area contributed by atoms with Crippen LogP contribution in [0.25, 0.3) is 0 Å². The van der Waals surface area contributed by atoms with Crippen LogP contribution in [0.15, 0.2) is 34.9 Å². The molecule has 2 rings (SSSR count). The first kappa shape index (κ1) is 14.8. The Balaban J connectivity index is 2.09. The van der Waals surface area contributed by atoms with Gasteiger partial charge in [-0.1, -0.05) is 17.9 Å². The summed E-state index contributed by atoms with van der Waals surface area (Å²) in [6.07, 6.45) is 1.63. The van der Waals surface area contributed by atoms with Gasteiger partial charge in [-0.3, -0.25) is 4.79 Å². The Morgan fingerprint density at radius 1 is 1.52 bits per heavy atom. The van der Waals surface area contributed by atoms with Crippen LogP contribution < -0.4 is 11.1 Å². The van der Waals surface area contributed by atoms with Crippen LogP contribution in [0.5, 0.6) is 0 Å². The van der Waals surface area contributed by atoms with Crippen LogP contribution in [-0.2, 0) is 0 Å². The van der Waals surface area contributed by atoms with E-state index in [0.29, 0.717) is 17.2 Å². The Labute approximate surface area is 123 Å². The van der Waals surface area contributed by atoms with E-state index < -0.39 is 0 Å². The highest BCUT2D eigenvalue weighted by molar-refractivity contribution is 5.94. The zero-order valence-corrected chi connectivity index (χ0v) is 12.0. The van der Waals surface area contributed by atoms with Crippen molar-refractivity contribution in [2.24, 2.45) is 5.73 Å². The summed E-state index contributed by atoms with van der Waals surface area (Å²) in [6, 6.07) is 6.78. The smallest absolute Gasteiger partial charge is 0.251 e. The largest absolute Gasteiger partial charge is 0.444 e. The molecule has 0 aliphatic rings. The molecule has 2 aromatic rings. The number of rotatable bonds is 3. The number of carbonyl (C=O) groups excluding carboxylic acids is 1. The zero-order chi connectivity index (χ0) is 15.2. The number of aromatic nitrogens is 1. The lowest BCUT2D eigenvalue weighted by Crippen LogP contribution is -2.26. The van der Waals surface area contributed by atoms with Gasteiger partial charge in [-0.05, 0) is 32.0 Å². The maximum atomic E-state index is 12.2. The van der Waals surface area contributed by atoms with E-state index in [9.17, 15) is 4.79 Å². The second-order valence-corrected chi connectivity index (χ2v) is 4.59. The van der Waals surface area contributed by atoms with E-state index in [1.54, 1.807) is 24.4 Å². The molecule has 0 saturated heterocycles. The van der Waals surface area contributed by atoms with Crippen LogP contribution in [-0.4, -0.2) is 17.4 Å². The summed E-state index contributed by atoms with van der Waals surface area (Å²) < 4.78 is 5.40. The summed E-state index contributed by atoms with van der Waals surface area (Å²) in [5.74, 6) is 6.66. The van der Waals surface area contributed by atoms with Gasteiger partial charge in [0.15, 0.2) is 0 Å². The molecule has 1 unspecified atom stereocenters. The molecular formula is C16H17N3O2. The normalized spacial score (nSPS) is 11.4. The van der Waals surface area contributed by atoms with E-state index in [1.807, 2.05) is 19.9 Å². The van der Waals surface area contributed by atoms with Gasteiger partial charge in [-0.2, -0.15) is 0 Å². The second kappa shape index (κ2) is 6.73. The zero-order valence-electron chi connectivity index (χ0n) is 12.0. The number of nitrogens with one attached hydrogen (secondary N) is 1. The van der Waals surface area contributed by atoms with Crippen molar-refractivity contribution < 1.29 is 9.21 Å². The Kier molecular flexibility index (Phi) is 4.75. The van der Waals surface area contributed by atoms with Crippen molar-refractivity contribution >= 4 is 5.91 Å². The number of hydrogen-bond acceptors (Lipinski definition) is 4. The number of nitrogens with zero attached hydrogens (tertiary/aromatic N) is 1. The van der Waals surface area contributed by atoms with E-state index in [-0.39, 0.29) is 18.5 Å². The highest BCUT2D eigenvalue weighted by Crippen LogP contribution is 2.13. The molecule has 1 aromatic carbocycles. The summed E-state index contributed by atoms with van der Waals surface area (Å²) in [7, 11) is 0. The lowest BCUT2D eigenvalue weighted by molar-refractivity contribution is 0.0934. The monoisotopic (exact) mass is 283 g/mol. The number of hydrogen-bond donors (Lipinski definition) is 2. The predicted molar refractivity (Wildman–Crippen MR) is 79.5 cm³/mol. The summed E-state index contributed by atoms with van der Waals surface area (Å²) in [4.78, 5) is 16.3. The first-order valence-electron chi connectivity index (χ1n) is 6.62. The van der Waals surface area contributed by atoms with Gasteiger partial charge in [0, 0.05) is 11.1 Å². The van der Waals surface area contributed by atoms with Crippen LogP contribution in [0.4, 0.5) is 0 Å². The summed E-state index contributed by atoms with van der Waals surface area (Å²) in [6.45, 7) is 3.92. The summed E-state index contributed by atoms with van der Waals surface area (Å²) >= 11 is 0. The van der Waals surface area contributed by atoms with Gasteiger partial charge in [0.25, 0.3) is 5.91 Å². The molecule has 0 fully saturated rings. The maximum Gasteiger partial charge on any atom is 0.251 e. The van der Waals surface area contributed by atoms with Crippen molar-refractivity contribution in [1.29, 1.82) is 0 Å². The van der Waals surface area contributed by atoms with Crippen molar-refractivity contribution in [1.82, 2.24) is 10.3 Å². The number of benzene rings is 1. The van der Waals surface area contributed by atoms with E-state index >= 15 is 0 Å². The molecule has 0 aliphatic carbocycles. The molecule has 108 valence electrons.